The normalized spacial score (nSPS) is 20.1. The molecule has 1 N–H and O–H groups in total. The molecule has 0 saturated carbocycles. The molecule has 4 rings (SSSR count). The molecule has 5 nitrogen and oxygen atoms in total. The van der Waals surface area contributed by atoms with Crippen LogP contribution in [0.2, 0.25) is 0 Å². The molecule has 1 aliphatic heterocycles. The molecule has 2 aromatic carbocycles. The van der Waals surface area contributed by atoms with Crippen molar-refractivity contribution >= 4 is 22.8 Å². The Labute approximate surface area is 145 Å². The number of hydrogen-bond acceptors (Lipinski definition) is 3. The van der Waals surface area contributed by atoms with E-state index < -0.39 is 5.54 Å². The van der Waals surface area contributed by atoms with Gasteiger partial charge in [0.2, 0.25) is 0 Å². The Morgan fingerprint density at radius 1 is 1.00 bits per heavy atom. The van der Waals surface area contributed by atoms with Crippen LogP contribution >= 0.6 is 0 Å². The number of urea groups is 1. The van der Waals surface area contributed by atoms with Gasteiger partial charge in [-0.25, -0.2) is 4.79 Å². The van der Waals surface area contributed by atoms with Crippen molar-refractivity contribution in [1.82, 2.24) is 15.2 Å². The SMILES string of the molecule is C[C@@]1(c2ccccc2)NC(=O)N(Cc2cccc3cccnc23)C1=O. The number of pyridine rings is 1. The number of imide groups is 1. The van der Waals surface area contributed by atoms with Crippen LogP contribution < -0.4 is 5.32 Å². The molecule has 25 heavy (non-hydrogen) atoms. The molecule has 0 spiro atoms. The highest BCUT2D eigenvalue weighted by Crippen LogP contribution is 2.30. The van der Waals surface area contributed by atoms with Gasteiger partial charge in [-0.2, -0.15) is 0 Å². The molecule has 0 aliphatic carbocycles. The number of rotatable bonds is 3. The van der Waals surface area contributed by atoms with Crippen LogP contribution in [0, 0.1) is 0 Å². The third kappa shape index (κ3) is 2.45. The predicted octanol–water partition coefficient (Wildman–Crippen LogP) is 3.20. The summed E-state index contributed by atoms with van der Waals surface area (Å²) in [7, 11) is 0. The molecule has 2 heterocycles. The molecule has 1 saturated heterocycles. The van der Waals surface area contributed by atoms with Gasteiger partial charge in [0.1, 0.15) is 5.54 Å². The first kappa shape index (κ1) is 15.3. The average Bonchev–Trinajstić information content (AvgIpc) is 2.87. The largest absolute Gasteiger partial charge is 0.325 e. The van der Waals surface area contributed by atoms with Gasteiger partial charge in [0, 0.05) is 11.6 Å². The molecule has 0 bridgehead atoms. The van der Waals surface area contributed by atoms with E-state index in [1.54, 1.807) is 13.1 Å². The first-order chi connectivity index (χ1) is 12.1. The predicted molar refractivity (Wildman–Crippen MR) is 94.6 cm³/mol. The van der Waals surface area contributed by atoms with E-state index in [1.807, 2.05) is 60.7 Å². The lowest BCUT2D eigenvalue weighted by Gasteiger charge is -2.22. The zero-order valence-corrected chi connectivity index (χ0v) is 13.8. The number of para-hydroxylation sites is 1. The summed E-state index contributed by atoms with van der Waals surface area (Å²) in [5.41, 5.74) is 1.38. The number of carbonyl (C=O) groups is 2. The van der Waals surface area contributed by atoms with Gasteiger partial charge in [-0.3, -0.25) is 14.7 Å². The Kier molecular flexibility index (Phi) is 3.50. The second-order valence-electron chi connectivity index (χ2n) is 6.30. The van der Waals surface area contributed by atoms with Crippen LogP contribution in [-0.2, 0) is 16.9 Å². The Balaban J connectivity index is 1.70. The number of nitrogens with zero attached hydrogens (tertiary/aromatic N) is 2. The highest BCUT2D eigenvalue weighted by atomic mass is 16.2. The number of hydrogen-bond donors (Lipinski definition) is 1. The van der Waals surface area contributed by atoms with E-state index in [1.165, 1.54) is 4.90 Å². The van der Waals surface area contributed by atoms with Crippen molar-refractivity contribution in [3.8, 4) is 0 Å². The van der Waals surface area contributed by atoms with Crippen LogP contribution in [-0.4, -0.2) is 21.8 Å². The number of benzene rings is 2. The van der Waals surface area contributed by atoms with Crippen molar-refractivity contribution in [3.05, 3.63) is 78.0 Å². The second kappa shape index (κ2) is 5.70. The molecule has 0 radical (unpaired) electrons. The van der Waals surface area contributed by atoms with E-state index in [4.69, 9.17) is 0 Å². The minimum Gasteiger partial charge on any atom is -0.319 e. The number of fused-ring (bicyclic) bond motifs is 1. The second-order valence-corrected chi connectivity index (χ2v) is 6.30. The third-order valence-electron chi connectivity index (χ3n) is 4.67. The molecule has 3 aromatic rings. The average molecular weight is 331 g/mol. The maximum absolute atomic E-state index is 13.0. The Morgan fingerprint density at radius 2 is 1.76 bits per heavy atom. The van der Waals surface area contributed by atoms with Crippen molar-refractivity contribution in [1.29, 1.82) is 0 Å². The van der Waals surface area contributed by atoms with Gasteiger partial charge in [0.05, 0.1) is 12.1 Å². The molecule has 1 atom stereocenters. The molecule has 0 unspecified atom stereocenters. The minimum atomic E-state index is -1.05. The van der Waals surface area contributed by atoms with Crippen molar-refractivity contribution in [3.63, 3.8) is 0 Å². The van der Waals surface area contributed by atoms with E-state index in [0.29, 0.717) is 0 Å². The summed E-state index contributed by atoms with van der Waals surface area (Å²) in [5, 5.41) is 3.82. The Hall–Kier alpha value is -3.21. The summed E-state index contributed by atoms with van der Waals surface area (Å²) in [6.45, 7) is 1.94. The quantitative estimate of drug-likeness (QED) is 0.750. The topological polar surface area (TPSA) is 62.3 Å². The standard InChI is InChI=1S/C20H17N3O2/c1-20(16-10-3-2-4-11-16)18(24)23(19(25)22-20)13-15-8-5-7-14-9-6-12-21-17(14)15/h2-12H,13H2,1H3,(H,22,25)/t20-/m0/s1. The summed E-state index contributed by atoms with van der Waals surface area (Å²) in [4.78, 5) is 31.1. The molecule has 1 aromatic heterocycles. The molecular formula is C20H17N3O2. The van der Waals surface area contributed by atoms with Crippen molar-refractivity contribution in [2.45, 2.75) is 19.0 Å². The van der Waals surface area contributed by atoms with Gasteiger partial charge < -0.3 is 5.32 Å². The first-order valence-corrected chi connectivity index (χ1v) is 8.12. The van der Waals surface area contributed by atoms with Gasteiger partial charge >= 0.3 is 6.03 Å². The van der Waals surface area contributed by atoms with Gasteiger partial charge in [-0.15, -0.1) is 0 Å². The van der Waals surface area contributed by atoms with Crippen molar-refractivity contribution in [2.75, 3.05) is 0 Å². The molecule has 124 valence electrons. The highest BCUT2D eigenvalue weighted by Gasteiger charge is 2.48. The van der Waals surface area contributed by atoms with E-state index in [0.717, 1.165) is 22.0 Å². The van der Waals surface area contributed by atoms with Crippen LogP contribution in [0.5, 0.6) is 0 Å². The molecule has 5 heteroatoms. The molecular weight excluding hydrogens is 314 g/mol. The van der Waals surface area contributed by atoms with E-state index in [9.17, 15) is 9.59 Å². The zero-order valence-electron chi connectivity index (χ0n) is 13.8. The van der Waals surface area contributed by atoms with Crippen LogP contribution in [0.25, 0.3) is 10.9 Å². The summed E-state index contributed by atoms with van der Waals surface area (Å²) < 4.78 is 0. The fourth-order valence-corrected chi connectivity index (χ4v) is 3.27. The number of carbonyl (C=O) groups excluding carboxylic acids is 2. The maximum atomic E-state index is 13.0. The number of amides is 3. The van der Waals surface area contributed by atoms with Crippen molar-refractivity contribution in [2.24, 2.45) is 0 Å². The molecule has 1 aliphatic rings. The fraction of sp³-hybridized carbons (Fsp3) is 0.150. The minimum absolute atomic E-state index is 0.196. The lowest BCUT2D eigenvalue weighted by molar-refractivity contribution is -0.131. The number of nitrogens with one attached hydrogen (secondary N) is 1. The van der Waals surface area contributed by atoms with E-state index >= 15 is 0 Å². The van der Waals surface area contributed by atoms with Crippen molar-refractivity contribution < 1.29 is 9.59 Å². The first-order valence-electron chi connectivity index (χ1n) is 8.12. The lowest BCUT2D eigenvalue weighted by Crippen LogP contribution is -2.40. The smallest absolute Gasteiger partial charge is 0.319 e. The molecule has 1 fully saturated rings. The maximum Gasteiger partial charge on any atom is 0.325 e. The van der Waals surface area contributed by atoms with Crippen LogP contribution in [0.3, 0.4) is 0 Å². The molecule has 3 amide bonds. The Bertz CT molecular complexity index is 966. The van der Waals surface area contributed by atoms with E-state index in [-0.39, 0.29) is 18.5 Å². The summed E-state index contributed by atoms with van der Waals surface area (Å²) in [6.07, 6.45) is 1.71. The van der Waals surface area contributed by atoms with Gasteiger partial charge in [0.15, 0.2) is 0 Å². The van der Waals surface area contributed by atoms with Crippen LogP contribution in [0.4, 0.5) is 4.79 Å². The zero-order chi connectivity index (χ0) is 17.4. The van der Waals surface area contributed by atoms with Gasteiger partial charge in [-0.1, -0.05) is 54.6 Å². The van der Waals surface area contributed by atoms with Gasteiger partial charge in [-0.05, 0) is 24.1 Å². The monoisotopic (exact) mass is 331 g/mol. The number of aromatic nitrogens is 1. The summed E-state index contributed by atoms with van der Waals surface area (Å²) in [5.74, 6) is -0.253. The van der Waals surface area contributed by atoms with Gasteiger partial charge in [0.25, 0.3) is 5.91 Å². The lowest BCUT2D eigenvalue weighted by atomic mass is 9.92. The highest BCUT2D eigenvalue weighted by molar-refractivity contribution is 6.07. The van der Waals surface area contributed by atoms with E-state index in [2.05, 4.69) is 10.3 Å². The van der Waals surface area contributed by atoms with Crippen LogP contribution in [0.15, 0.2) is 66.9 Å². The summed E-state index contributed by atoms with van der Waals surface area (Å²) >= 11 is 0. The summed E-state index contributed by atoms with van der Waals surface area (Å²) in [6, 6.07) is 18.5. The van der Waals surface area contributed by atoms with Crippen LogP contribution in [0.1, 0.15) is 18.1 Å². The Morgan fingerprint density at radius 3 is 2.56 bits per heavy atom. The third-order valence-corrected chi connectivity index (χ3v) is 4.67. The fourth-order valence-electron chi connectivity index (χ4n) is 3.27.